The number of amides is 2. The molecular weight excluding hydrogens is 552 g/mol. The molecule has 1 fully saturated rings. The van der Waals surface area contributed by atoms with E-state index in [9.17, 15) is 22.4 Å². The van der Waals surface area contributed by atoms with Crippen LogP contribution in [0.3, 0.4) is 0 Å². The van der Waals surface area contributed by atoms with Crippen molar-refractivity contribution in [1.29, 1.82) is 0 Å². The summed E-state index contributed by atoms with van der Waals surface area (Å²) < 4.78 is 39.7. The number of halogens is 3. The number of sulfonamides is 1. The molecule has 0 aromatic heterocycles. The van der Waals surface area contributed by atoms with Crippen LogP contribution in [0.5, 0.6) is 0 Å². The molecule has 1 aliphatic carbocycles. The van der Waals surface area contributed by atoms with Crippen LogP contribution in [0.1, 0.15) is 57.4 Å². The molecule has 208 valence electrons. The predicted molar refractivity (Wildman–Crippen MR) is 149 cm³/mol. The molecule has 0 spiro atoms. The maximum Gasteiger partial charge on any atom is 0.243 e. The first-order chi connectivity index (χ1) is 18.0. The number of nitrogens with zero attached hydrogens (tertiary/aromatic N) is 2. The van der Waals surface area contributed by atoms with Crippen molar-refractivity contribution in [1.82, 2.24) is 10.2 Å². The Balaban J connectivity index is 1.77. The van der Waals surface area contributed by atoms with Crippen LogP contribution >= 0.6 is 23.2 Å². The number of benzene rings is 2. The highest BCUT2D eigenvalue weighted by Gasteiger charge is 2.31. The Morgan fingerprint density at radius 1 is 1.11 bits per heavy atom. The van der Waals surface area contributed by atoms with Crippen LogP contribution in [0.25, 0.3) is 0 Å². The second kappa shape index (κ2) is 13.6. The van der Waals surface area contributed by atoms with Crippen molar-refractivity contribution in [2.45, 2.75) is 70.5 Å². The van der Waals surface area contributed by atoms with Gasteiger partial charge in [0.05, 0.1) is 17.0 Å². The highest BCUT2D eigenvalue weighted by Crippen LogP contribution is 2.31. The zero-order valence-corrected chi connectivity index (χ0v) is 24.0. The van der Waals surface area contributed by atoms with Crippen molar-refractivity contribution in [3.8, 4) is 0 Å². The van der Waals surface area contributed by atoms with Crippen molar-refractivity contribution in [3.63, 3.8) is 0 Å². The average molecular weight is 587 g/mol. The molecule has 11 heteroatoms. The summed E-state index contributed by atoms with van der Waals surface area (Å²) in [6.07, 6.45) is 5.62. The Hall–Kier alpha value is -2.36. The molecule has 2 aromatic carbocycles. The minimum absolute atomic E-state index is 0.0000853. The first kappa shape index (κ1) is 30.2. The highest BCUT2D eigenvalue weighted by molar-refractivity contribution is 7.92. The van der Waals surface area contributed by atoms with Crippen LogP contribution in [0.4, 0.5) is 10.1 Å². The zero-order chi connectivity index (χ0) is 27.9. The fourth-order valence-corrected chi connectivity index (χ4v) is 6.14. The van der Waals surface area contributed by atoms with Crippen LogP contribution in [-0.4, -0.2) is 50.0 Å². The highest BCUT2D eigenvalue weighted by atomic mass is 35.5. The van der Waals surface area contributed by atoms with E-state index in [0.29, 0.717) is 17.0 Å². The Kier molecular flexibility index (Phi) is 10.8. The van der Waals surface area contributed by atoms with Crippen LogP contribution in [0.15, 0.2) is 42.5 Å². The Morgan fingerprint density at radius 3 is 2.37 bits per heavy atom. The van der Waals surface area contributed by atoms with E-state index in [4.69, 9.17) is 23.2 Å². The number of carbonyl (C=O) groups excluding carboxylic acids is 2. The number of carbonyl (C=O) groups is 2. The second-order valence-electron chi connectivity index (χ2n) is 9.60. The van der Waals surface area contributed by atoms with Gasteiger partial charge in [0, 0.05) is 30.6 Å². The van der Waals surface area contributed by atoms with Gasteiger partial charge in [0.15, 0.2) is 0 Å². The molecule has 0 heterocycles. The van der Waals surface area contributed by atoms with Crippen LogP contribution in [-0.2, 0) is 26.2 Å². The molecule has 1 aliphatic rings. The molecule has 1 saturated carbocycles. The van der Waals surface area contributed by atoms with Crippen molar-refractivity contribution in [2.75, 3.05) is 17.1 Å². The first-order valence-corrected chi connectivity index (χ1v) is 15.4. The lowest BCUT2D eigenvalue weighted by Gasteiger charge is -2.32. The van der Waals surface area contributed by atoms with E-state index < -0.39 is 21.9 Å². The van der Waals surface area contributed by atoms with Gasteiger partial charge in [0.1, 0.15) is 11.9 Å². The summed E-state index contributed by atoms with van der Waals surface area (Å²) in [5, 5.41) is 3.63. The van der Waals surface area contributed by atoms with Crippen molar-refractivity contribution in [2.24, 2.45) is 0 Å². The van der Waals surface area contributed by atoms with Gasteiger partial charge in [-0.25, -0.2) is 12.8 Å². The number of nitrogens with one attached hydrogen (secondary N) is 1. The van der Waals surface area contributed by atoms with Gasteiger partial charge < -0.3 is 10.2 Å². The minimum Gasteiger partial charge on any atom is -0.352 e. The summed E-state index contributed by atoms with van der Waals surface area (Å²) in [6.45, 7) is 1.97. The third-order valence-corrected chi connectivity index (χ3v) is 8.42. The summed E-state index contributed by atoms with van der Waals surface area (Å²) in [5.41, 5.74) is 0.926. The SMILES string of the molecule is CC[C@H](C(=O)NC1CCCC1)N(Cc1ccc(F)cc1)C(=O)CCCN(c1cc(Cl)ccc1Cl)S(C)(=O)=O. The maximum atomic E-state index is 13.5. The molecule has 0 unspecified atom stereocenters. The summed E-state index contributed by atoms with van der Waals surface area (Å²) in [7, 11) is -3.71. The molecular formula is C27H34Cl2FN3O4S. The second-order valence-corrected chi connectivity index (χ2v) is 12.3. The quantitative estimate of drug-likeness (QED) is 0.354. The Labute approximate surface area is 234 Å². The zero-order valence-electron chi connectivity index (χ0n) is 21.6. The van der Waals surface area contributed by atoms with E-state index in [-0.39, 0.29) is 54.5 Å². The largest absolute Gasteiger partial charge is 0.352 e. The predicted octanol–water partition coefficient (Wildman–Crippen LogP) is 5.54. The molecule has 0 aliphatic heterocycles. The van der Waals surface area contributed by atoms with E-state index >= 15 is 0 Å². The van der Waals surface area contributed by atoms with Gasteiger partial charge in [0.2, 0.25) is 21.8 Å². The average Bonchev–Trinajstić information content (AvgIpc) is 3.36. The van der Waals surface area contributed by atoms with Crippen LogP contribution in [0.2, 0.25) is 10.0 Å². The molecule has 0 saturated heterocycles. The number of hydrogen-bond acceptors (Lipinski definition) is 4. The molecule has 0 radical (unpaired) electrons. The van der Waals surface area contributed by atoms with Gasteiger partial charge in [0.25, 0.3) is 0 Å². The molecule has 2 aromatic rings. The van der Waals surface area contributed by atoms with E-state index in [1.165, 1.54) is 29.2 Å². The lowest BCUT2D eigenvalue weighted by molar-refractivity contribution is -0.141. The van der Waals surface area contributed by atoms with Gasteiger partial charge >= 0.3 is 0 Å². The molecule has 38 heavy (non-hydrogen) atoms. The number of rotatable bonds is 12. The number of hydrogen-bond donors (Lipinski definition) is 1. The van der Waals surface area contributed by atoms with Crippen molar-refractivity contribution >= 4 is 50.7 Å². The topological polar surface area (TPSA) is 86.8 Å². The number of anilines is 1. The molecule has 1 N–H and O–H groups in total. The van der Waals surface area contributed by atoms with Gasteiger partial charge in [-0.05, 0) is 61.6 Å². The Bertz CT molecular complexity index is 1220. The molecule has 1 atom stereocenters. The maximum absolute atomic E-state index is 13.5. The molecule has 3 rings (SSSR count). The third-order valence-electron chi connectivity index (χ3n) is 6.68. The van der Waals surface area contributed by atoms with Crippen LogP contribution < -0.4 is 9.62 Å². The fraction of sp³-hybridized carbons (Fsp3) is 0.481. The third kappa shape index (κ3) is 8.32. The summed E-state index contributed by atoms with van der Waals surface area (Å²) in [6, 6.07) is 9.74. The van der Waals surface area contributed by atoms with E-state index in [1.54, 1.807) is 18.2 Å². The van der Waals surface area contributed by atoms with Gasteiger partial charge in [-0.1, -0.05) is 55.1 Å². The Morgan fingerprint density at radius 2 is 1.76 bits per heavy atom. The smallest absolute Gasteiger partial charge is 0.243 e. The van der Waals surface area contributed by atoms with Crippen molar-refractivity contribution < 1.29 is 22.4 Å². The summed E-state index contributed by atoms with van der Waals surface area (Å²) >= 11 is 12.3. The monoisotopic (exact) mass is 585 g/mol. The van der Waals surface area contributed by atoms with Gasteiger partial charge in [-0.15, -0.1) is 0 Å². The van der Waals surface area contributed by atoms with Gasteiger partial charge in [-0.2, -0.15) is 0 Å². The normalized spacial score (nSPS) is 14.8. The molecule has 7 nitrogen and oxygen atoms in total. The van der Waals surface area contributed by atoms with E-state index in [0.717, 1.165) is 36.2 Å². The molecule has 0 bridgehead atoms. The van der Waals surface area contributed by atoms with E-state index in [1.807, 2.05) is 6.92 Å². The van der Waals surface area contributed by atoms with Gasteiger partial charge in [-0.3, -0.25) is 13.9 Å². The standard InChI is InChI=1S/C27H34Cl2FN3O4S/c1-3-24(27(35)31-22-7-4-5-8-22)32(18-19-10-13-21(30)14-11-19)26(34)9-6-16-33(38(2,36)37)25-17-20(28)12-15-23(25)29/h10-15,17,22,24H,3-9,16,18H2,1-2H3,(H,31,35)/t24-/m1/s1. The van der Waals surface area contributed by atoms with Crippen molar-refractivity contribution in [3.05, 3.63) is 63.9 Å². The fourth-order valence-electron chi connectivity index (χ4n) is 4.73. The van der Waals surface area contributed by atoms with Crippen LogP contribution in [0, 0.1) is 5.82 Å². The summed E-state index contributed by atoms with van der Waals surface area (Å²) in [4.78, 5) is 28.2. The summed E-state index contributed by atoms with van der Waals surface area (Å²) in [5.74, 6) is -0.898. The lowest BCUT2D eigenvalue weighted by atomic mass is 10.1. The molecule has 2 amide bonds. The lowest BCUT2D eigenvalue weighted by Crippen LogP contribution is -2.51. The van der Waals surface area contributed by atoms with E-state index in [2.05, 4.69) is 5.32 Å². The first-order valence-electron chi connectivity index (χ1n) is 12.8. The minimum atomic E-state index is -3.71.